The second kappa shape index (κ2) is 7.52. The van der Waals surface area contributed by atoms with Crippen LogP contribution in [-0.2, 0) is 0 Å². The minimum absolute atomic E-state index is 0.0444. The molecule has 7 heteroatoms. The molecule has 26 heavy (non-hydrogen) atoms. The molecule has 0 unspecified atom stereocenters. The largest absolute Gasteiger partial charge is 0.504 e. The number of amides is 1. The Kier molecular flexibility index (Phi) is 4.98. The lowest BCUT2D eigenvalue weighted by atomic mass is 10.1. The van der Waals surface area contributed by atoms with Crippen molar-refractivity contribution in [2.24, 2.45) is 5.10 Å². The number of phenolic OH excluding ortho intramolecular Hbond substituents is 1. The van der Waals surface area contributed by atoms with Crippen molar-refractivity contribution in [1.29, 1.82) is 0 Å². The van der Waals surface area contributed by atoms with Gasteiger partial charge in [0.2, 0.25) is 0 Å². The molecule has 0 saturated carbocycles. The van der Waals surface area contributed by atoms with Gasteiger partial charge in [-0.15, -0.1) is 0 Å². The molecule has 0 aliphatic heterocycles. The maximum atomic E-state index is 12.3. The normalized spacial score (nSPS) is 10.8. The summed E-state index contributed by atoms with van der Waals surface area (Å²) in [6.45, 7) is 1.82. The van der Waals surface area contributed by atoms with Crippen LogP contribution >= 0.6 is 0 Å². The van der Waals surface area contributed by atoms with E-state index >= 15 is 0 Å². The second-order valence-electron chi connectivity index (χ2n) is 5.54. The molecule has 2 aromatic carbocycles. The zero-order valence-corrected chi connectivity index (χ0v) is 14.4. The van der Waals surface area contributed by atoms with Gasteiger partial charge in [-0.3, -0.25) is 9.89 Å². The van der Waals surface area contributed by atoms with Crippen LogP contribution in [0, 0.1) is 6.92 Å². The predicted molar refractivity (Wildman–Crippen MR) is 98.5 cm³/mol. The van der Waals surface area contributed by atoms with E-state index in [9.17, 15) is 9.90 Å². The molecule has 1 amide bonds. The number of rotatable bonds is 5. The van der Waals surface area contributed by atoms with E-state index in [0.29, 0.717) is 22.7 Å². The van der Waals surface area contributed by atoms with Gasteiger partial charge in [-0.05, 0) is 19.1 Å². The highest BCUT2D eigenvalue weighted by atomic mass is 16.5. The van der Waals surface area contributed by atoms with Gasteiger partial charge in [-0.1, -0.05) is 36.4 Å². The summed E-state index contributed by atoms with van der Waals surface area (Å²) in [5.74, 6) is -0.134. The third kappa shape index (κ3) is 3.41. The van der Waals surface area contributed by atoms with Crippen molar-refractivity contribution in [2.45, 2.75) is 6.92 Å². The molecule has 7 nitrogen and oxygen atoms in total. The number of methoxy groups -OCH3 is 1. The van der Waals surface area contributed by atoms with Crippen molar-refractivity contribution < 1.29 is 14.6 Å². The van der Waals surface area contributed by atoms with Gasteiger partial charge in [0.15, 0.2) is 11.5 Å². The van der Waals surface area contributed by atoms with E-state index in [1.165, 1.54) is 13.3 Å². The van der Waals surface area contributed by atoms with Crippen LogP contribution in [0.1, 0.15) is 21.6 Å². The van der Waals surface area contributed by atoms with E-state index in [2.05, 4.69) is 20.7 Å². The Labute approximate surface area is 150 Å². The fourth-order valence-electron chi connectivity index (χ4n) is 2.52. The predicted octanol–water partition coefficient (Wildman–Crippen LogP) is 2.86. The number of nitrogens with zero attached hydrogens (tertiary/aromatic N) is 2. The van der Waals surface area contributed by atoms with Crippen molar-refractivity contribution >= 4 is 12.1 Å². The number of H-pyrrole nitrogens is 1. The Morgan fingerprint density at radius 2 is 2.00 bits per heavy atom. The highest BCUT2D eigenvalue weighted by Crippen LogP contribution is 2.28. The summed E-state index contributed by atoms with van der Waals surface area (Å²) in [6.07, 6.45) is 1.35. The highest BCUT2D eigenvalue weighted by Gasteiger charge is 2.16. The molecule has 1 heterocycles. The number of carbonyl (C=O) groups is 1. The molecule has 3 aromatic rings. The Morgan fingerprint density at radius 1 is 1.23 bits per heavy atom. The number of hydrogen-bond donors (Lipinski definition) is 3. The van der Waals surface area contributed by atoms with E-state index in [-0.39, 0.29) is 5.75 Å². The molecule has 0 radical (unpaired) electrons. The molecule has 1 aromatic heterocycles. The summed E-state index contributed by atoms with van der Waals surface area (Å²) in [6, 6.07) is 14.6. The Hall–Kier alpha value is -3.61. The molecule has 0 saturated heterocycles. The molecule has 0 bridgehead atoms. The quantitative estimate of drug-likeness (QED) is 0.487. The third-order valence-electron chi connectivity index (χ3n) is 3.90. The lowest BCUT2D eigenvalue weighted by Gasteiger charge is -2.05. The first-order valence-electron chi connectivity index (χ1n) is 7.91. The second-order valence-corrected chi connectivity index (χ2v) is 5.54. The van der Waals surface area contributed by atoms with Crippen molar-refractivity contribution in [3.63, 3.8) is 0 Å². The first kappa shape index (κ1) is 17.2. The van der Waals surface area contributed by atoms with Crippen LogP contribution in [0.5, 0.6) is 11.5 Å². The molecule has 0 aliphatic rings. The highest BCUT2D eigenvalue weighted by molar-refractivity contribution is 5.96. The summed E-state index contributed by atoms with van der Waals surface area (Å²) in [4.78, 5) is 12.3. The Bertz CT molecular complexity index is 949. The molecule has 0 fully saturated rings. The number of hydrazone groups is 1. The number of aromatic nitrogens is 2. The van der Waals surface area contributed by atoms with E-state index < -0.39 is 5.91 Å². The van der Waals surface area contributed by atoms with Crippen molar-refractivity contribution in [1.82, 2.24) is 15.6 Å². The smallest absolute Gasteiger partial charge is 0.289 e. The molecular formula is C19H18N4O3. The summed E-state index contributed by atoms with van der Waals surface area (Å²) in [7, 11) is 1.46. The Morgan fingerprint density at radius 3 is 2.73 bits per heavy atom. The zero-order chi connectivity index (χ0) is 18.5. The first-order chi connectivity index (χ1) is 12.6. The van der Waals surface area contributed by atoms with Crippen LogP contribution in [-0.4, -0.2) is 34.5 Å². The minimum Gasteiger partial charge on any atom is -0.504 e. The number of ether oxygens (including phenoxy) is 1. The van der Waals surface area contributed by atoms with Crippen LogP contribution < -0.4 is 10.2 Å². The molecule has 0 spiro atoms. The van der Waals surface area contributed by atoms with Crippen LogP contribution in [0.25, 0.3) is 11.3 Å². The maximum absolute atomic E-state index is 12.3. The van der Waals surface area contributed by atoms with E-state index in [0.717, 1.165) is 11.1 Å². The van der Waals surface area contributed by atoms with Gasteiger partial charge in [0.25, 0.3) is 5.91 Å². The first-order valence-corrected chi connectivity index (χ1v) is 7.91. The molecule has 132 valence electrons. The minimum atomic E-state index is -0.421. The SMILES string of the molecule is COc1cccc(C=NNC(=O)c2[nH]nc(-c3ccccc3)c2C)c1O. The molecular weight excluding hydrogens is 332 g/mol. The van der Waals surface area contributed by atoms with E-state index in [4.69, 9.17) is 4.74 Å². The summed E-state index contributed by atoms with van der Waals surface area (Å²) < 4.78 is 5.03. The molecule has 0 aliphatic carbocycles. The van der Waals surface area contributed by atoms with Crippen LogP contribution in [0.15, 0.2) is 53.6 Å². The lowest BCUT2D eigenvalue weighted by molar-refractivity contribution is 0.0949. The summed E-state index contributed by atoms with van der Waals surface area (Å²) in [5.41, 5.74) is 5.55. The molecule has 3 rings (SSSR count). The van der Waals surface area contributed by atoms with Gasteiger partial charge < -0.3 is 9.84 Å². The number of phenols is 1. The van der Waals surface area contributed by atoms with Crippen molar-refractivity contribution in [2.75, 3.05) is 7.11 Å². The number of para-hydroxylation sites is 1. The molecule has 3 N–H and O–H groups in total. The zero-order valence-electron chi connectivity index (χ0n) is 14.4. The lowest BCUT2D eigenvalue weighted by Crippen LogP contribution is -2.19. The summed E-state index contributed by atoms with van der Waals surface area (Å²) in [5, 5.41) is 20.8. The van der Waals surface area contributed by atoms with Gasteiger partial charge in [0.05, 0.1) is 19.0 Å². The number of hydrogen-bond acceptors (Lipinski definition) is 5. The number of aromatic amines is 1. The van der Waals surface area contributed by atoms with Gasteiger partial charge in [0, 0.05) is 16.7 Å². The molecule has 0 atom stereocenters. The topological polar surface area (TPSA) is 99.6 Å². The van der Waals surface area contributed by atoms with Crippen molar-refractivity contribution in [3.05, 3.63) is 65.4 Å². The van der Waals surface area contributed by atoms with Gasteiger partial charge in [0.1, 0.15) is 5.69 Å². The monoisotopic (exact) mass is 350 g/mol. The Balaban J connectivity index is 1.74. The summed E-state index contributed by atoms with van der Waals surface area (Å²) >= 11 is 0. The van der Waals surface area contributed by atoms with Crippen LogP contribution in [0.2, 0.25) is 0 Å². The standard InChI is InChI=1S/C19H18N4O3/c1-12-16(13-7-4-3-5-8-13)21-22-17(12)19(25)23-20-11-14-9-6-10-15(26-2)18(14)24/h3-11,24H,1-2H3,(H,21,22)(H,23,25). The van der Waals surface area contributed by atoms with E-state index in [1.54, 1.807) is 18.2 Å². The third-order valence-corrected chi connectivity index (χ3v) is 3.90. The van der Waals surface area contributed by atoms with Crippen molar-refractivity contribution in [3.8, 4) is 22.8 Å². The van der Waals surface area contributed by atoms with Gasteiger partial charge in [-0.25, -0.2) is 5.43 Å². The average Bonchev–Trinajstić information content (AvgIpc) is 3.05. The number of nitrogens with one attached hydrogen (secondary N) is 2. The fourth-order valence-corrected chi connectivity index (χ4v) is 2.52. The maximum Gasteiger partial charge on any atom is 0.289 e. The number of aromatic hydroxyl groups is 1. The average molecular weight is 350 g/mol. The van der Waals surface area contributed by atoms with Crippen LogP contribution in [0.3, 0.4) is 0 Å². The number of carbonyl (C=O) groups excluding carboxylic acids is 1. The van der Waals surface area contributed by atoms with Gasteiger partial charge in [-0.2, -0.15) is 10.2 Å². The van der Waals surface area contributed by atoms with Gasteiger partial charge >= 0.3 is 0 Å². The van der Waals surface area contributed by atoms with E-state index in [1.807, 2.05) is 37.3 Å². The van der Waals surface area contributed by atoms with Crippen LogP contribution in [0.4, 0.5) is 0 Å². The fraction of sp³-hybridized carbons (Fsp3) is 0.105. The number of benzene rings is 2.